The second kappa shape index (κ2) is 11.2. The molecule has 6 heteroatoms. The first-order valence-electron chi connectivity index (χ1n) is 13.2. The molecule has 2 heterocycles. The monoisotopic (exact) mass is 471 g/mol. The predicted molar refractivity (Wildman–Crippen MR) is 142 cm³/mol. The molecule has 1 aliphatic carbocycles. The largest absolute Gasteiger partial charge is 0.634 e. The number of aromatic nitrogens is 4. The summed E-state index contributed by atoms with van der Waals surface area (Å²) in [7, 11) is 1.67. The highest BCUT2D eigenvalue weighted by Gasteiger charge is 2.21. The number of nitrogens with one attached hydrogen (secondary N) is 1. The molecule has 1 saturated carbocycles. The third kappa shape index (κ3) is 5.65. The van der Waals surface area contributed by atoms with E-state index in [1.54, 1.807) is 7.05 Å². The molecular weight excluding hydrogens is 434 g/mol. The van der Waals surface area contributed by atoms with Crippen molar-refractivity contribution >= 4 is 10.8 Å². The molecule has 0 spiro atoms. The van der Waals surface area contributed by atoms with E-state index in [9.17, 15) is 5.21 Å². The Hall–Kier alpha value is -2.96. The number of imidazole rings is 2. The van der Waals surface area contributed by atoms with Gasteiger partial charge in [-0.1, -0.05) is 55.7 Å². The van der Waals surface area contributed by atoms with Gasteiger partial charge in [-0.15, -0.1) is 0 Å². The number of quaternary nitrogens is 1. The smallest absolute Gasteiger partial charge is 0.158 e. The number of aryl methyl sites for hydroxylation is 1. The SMILES string of the molecule is C[NH+]([O-])CCCCCn1cncc1-c1ncc(-c2ccc3ccccc3c2)n1CC1CCCCC1. The van der Waals surface area contributed by atoms with E-state index in [0.29, 0.717) is 12.5 Å². The molecule has 1 N–H and O–H groups in total. The molecule has 2 aromatic heterocycles. The first kappa shape index (κ1) is 23.8. The van der Waals surface area contributed by atoms with Crippen LogP contribution in [0, 0.1) is 11.1 Å². The molecule has 4 aromatic rings. The van der Waals surface area contributed by atoms with Crippen molar-refractivity contribution in [1.29, 1.82) is 0 Å². The van der Waals surface area contributed by atoms with E-state index in [-0.39, 0.29) is 5.06 Å². The number of fused-ring (bicyclic) bond motifs is 1. The van der Waals surface area contributed by atoms with Gasteiger partial charge in [0.1, 0.15) is 5.69 Å². The van der Waals surface area contributed by atoms with Crippen LogP contribution in [0.5, 0.6) is 0 Å². The van der Waals surface area contributed by atoms with Crippen LogP contribution in [0.2, 0.25) is 0 Å². The normalized spacial score (nSPS) is 15.6. The molecule has 0 radical (unpaired) electrons. The molecule has 1 aliphatic rings. The van der Waals surface area contributed by atoms with Crippen LogP contribution in [0.1, 0.15) is 51.4 Å². The topological polar surface area (TPSA) is 63.1 Å². The number of benzene rings is 2. The van der Waals surface area contributed by atoms with Gasteiger partial charge >= 0.3 is 0 Å². The predicted octanol–water partition coefficient (Wildman–Crippen LogP) is 5.33. The van der Waals surface area contributed by atoms with Crippen molar-refractivity contribution in [2.75, 3.05) is 13.6 Å². The zero-order valence-corrected chi connectivity index (χ0v) is 20.8. The summed E-state index contributed by atoms with van der Waals surface area (Å²) < 4.78 is 4.68. The Morgan fingerprint density at radius 1 is 0.943 bits per heavy atom. The van der Waals surface area contributed by atoms with E-state index in [0.717, 1.165) is 43.9 Å². The van der Waals surface area contributed by atoms with Gasteiger partial charge < -0.3 is 19.4 Å². The summed E-state index contributed by atoms with van der Waals surface area (Å²) in [6.07, 6.45) is 15.6. The van der Waals surface area contributed by atoms with Crippen LogP contribution in [0.3, 0.4) is 0 Å². The minimum absolute atomic E-state index is 0.277. The summed E-state index contributed by atoms with van der Waals surface area (Å²) in [6.45, 7) is 2.58. The molecule has 6 nitrogen and oxygen atoms in total. The number of nitrogens with zero attached hydrogens (tertiary/aromatic N) is 4. The van der Waals surface area contributed by atoms with E-state index in [4.69, 9.17) is 4.98 Å². The minimum atomic E-state index is 0.277. The number of rotatable bonds is 10. The standard InChI is InChI=1S/C29H37N5O/c1-32(35)16-8-3-9-17-33-22-30-19-28(33)29-31-20-27(34(29)21-23-10-4-2-5-11-23)26-15-14-24-12-6-7-13-25(24)18-26/h6-7,12-15,18-20,22-23,32H,2-5,8-11,16-17,21H2,1H3. The minimum Gasteiger partial charge on any atom is -0.634 e. The quantitative estimate of drug-likeness (QED) is 0.251. The van der Waals surface area contributed by atoms with Crippen molar-refractivity contribution in [1.82, 2.24) is 19.1 Å². The lowest BCUT2D eigenvalue weighted by molar-refractivity contribution is -0.826. The molecule has 35 heavy (non-hydrogen) atoms. The molecule has 1 atom stereocenters. The summed E-state index contributed by atoms with van der Waals surface area (Å²) >= 11 is 0. The second-order valence-corrected chi connectivity index (χ2v) is 10.1. The van der Waals surface area contributed by atoms with Crippen molar-refractivity contribution in [3.05, 3.63) is 66.4 Å². The lowest BCUT2D eigenvalue weighted by Crippen LogP contribution is -3.03. The Labute approximate surface area is 208 Å². The first-order chi connectivity index (χ1) is 17.2. The Morgan fingerprint density at radius 2 is 1.77 bits per heavy atom. The average molecular weight is 472 g/mol. The molecule has 0 saturated heterocycles. The second-order valence-electron chi connectivity index (χ2n) is 10.1. The van der Waals surface area contributed by atoms with Gasteiger partial charge in [-0.3, -0.25) is 0 Å². The van der Waals surface area contributed by atoms with Crippen molar-refractivity contribution in [3.8, 4) is 22.8 Å². The Balaban J connectivity index is 1.45. The fourth-order valence-corrected chi connectivity index (χ4v) is 5.49. The molecule has 0 bridgehead atoms. The highest BCUT2D eigenvalue weighted by Crippen LogP contribution is 2.33. The molecule has 2 aromatic carbocycles. The van der Waals surface area contributed by atoms with Gasteiger partial charge in [0.25, 0.3) is 0 Å². The fraction of sp³-hybridized carbons (Fsp3) is 0.448. The summed E-state index contributed by atoms with van der Waals surface area (Å²) in [5.41, 5.74) is 3.48. The maximum Gasteiger partial charge on any atom is 0.158 e. The van der Waals surface area contributed by atoms with Gasteiger partial charge in [0.05, 0.1) is 38.0 Å². The Morgan fingerprint density at radius 3 is 2.60 bits per heavy atom. The van der Waals surface area contributed by atoms with Crippen molar-refractivity contribution < 1.29 is 5.06 Å². The lowest BCUT2D eigenvalue weighted by atomic mass is 9.89. The van der Waals surface area contributed by atoms with Crippen molar-refractivity contribution in [3.63, 3.8) is 0 Å². The highest BCUT2D eigenvalue weighted by atomic mass is 16.5. The summed E-state index contributed by atoms with van der Waals surface area (Å²) in [5.74, 6) is 1.71. The number of hydrogen-bond donors (Lipinski definition) is 1. The maximum atomic E-state index is 11.2. The zero-order chi connectivity index (χ0) is 24.0. The fourth-order valence-electron chi connectivity index (χ4n) is 5.49. The van der Waals surface area contributed by atoms with Crippen molar-refractivity contribution in [2.24, 2.45) is 5.92 Å². The highest BCUT2D eigenvalue weighted by molar-refractivity contribution is 5.87. The summed E-state index contributed by atoms with van der Waals surface area (Å²) in [6, 6.07) is 15.3. The van der Waals surface area contributed by atoms with Gasteiger partial charge in [0.15, 0.2) is 5.82 Å². The number of hydroxylamine groups is 2. The molecule has 1 fully saturated rings. The van der Waals surface area contributed by atoms with Crippen LogP contribution in [-0.2, 0) is 13.1 Å². The lowest BCUT2D eigenvalue weighted by Gasteiger charge is -2.24. The van der Waals surface area contributed by atoms with Crippen LogP contribution in [0.4, 0.5) is 0 Å². The Kier molecular flexibility index (Phi) is 7.60. The molecule has 0 amide bonds. The summed E-state index contributed by atoms with van der Waals surface area (Å²) in [5, 5.41) is 14.0. The number of hydrogen-bond acceptors (Lipinski definition) is 3. The zero-order valence-electron chi connectivity index (χ0n) is 20.8. The van der Waals surface area contributed by atoms with E-state index < -0.39 is 0 Å². The molecular formula is C29H37N5O. The molecule has 184 valence electrons. The van der Waals surface area contributed by atoms with Crippen LogP contribution < -0.4 is 5.06 Å². The third-order valence-corrected chi connectivity index (χ3v) is 7.44. The molecule has 5 rings (SSSR count). The average Bonchev–Trinajstić information content (AvgIpc) is 3.50. The number of unbranched alkanes of at least 4 members (excludes halogenated alkanes) is 2. The van der Waals surface area contributed by atoms with Crippen LogP contribution in [0.25, 0.3) is 33.5 Å². The van der Waals surface area contributed by atoms with E-state index >= 15 is 0 Å². The van der Waals surface area contributed by atoms with Gasteiger partial charge in [-0.05, 0) is 54.9 Å². The van der Waals surface area contributed by atoms with Gasteiger partial charge in [0, 0.05) is 18.7 Å². The van der Waals surface area contributed by atoms with Crippen LogP contribution >= 0.6 is 0 Å². The first-order valence-corrected chi connectivity index (χ1v) is 13.2. The van der Waals surface area contributed by atoms with E-state index in [1.165, 1.54) is 54.1 Å². The summed E-state index contributed by atoms with van der Waals surface area (Å²) in [4.78, 5) is 9.46. The Bertz CT molecular complexity index is 1230. The van der Waals surface area contributed by atoms with Crippen LogP contribution in [0.15, 0.2) is 61.2 Å². The molecule has 0 aliphatic heterocycles. The van der Waals surface area contributed by atoms with Gasteiger partial charge in [0.2, 0.25) is 0 Å². The van der Waals surface area contributed by atoms with Gasteiger partial charge in [-0.25, -0.2) is 9.97 Å². The third-order valence-electron chi connectivity index (χ3n) is 7.44. The molecule has 1 unspecified atom stereocenters. The van der Waals surface area contributed by atoms with Crippen molar-refractivity contribution in [2.45, 2.75) is 64.5 Å². The maximum absolute atomic E-state index is 11.2. The van der Waals surface area contributed by atoms with Gasteiger partial charge in [-0.2, -0.15) is 0 Å². The van der Waals surface area contributed by atoms with E-state index in [2.05, 4.69) is 56.6 Å². The van der Waals surface area contributed by atoms with Crippen LogP contribution in [-0.4, -0.2) is 32.7 Å². The van der Waals surface area contributed by atoms with E-state index in [1.807, 2.05) is 18.7 Å².